The molecule has 0 fully saturated rings. The van der Waals surface area contributed by atoms with Gasteiger partial charge in [-0.15, -0.1) is 0 Å². The minimum atomic E-state index is -0.591. The van der Waals surface area contributed by atoms with E-state index in [1.807, 2.05) is 12.1 Å². The summed E-state index contributed by atoms with van der Waals surface area (Å²) in [6.07, 6.45) is 0. The molecule has 0 aliphatic carbocycles. The molecule has 0 radical (unpaired) electrons. The molecule has 0 saturated heterocycles. The Labute approximate surface area is 142 Å². The van der Waals surface area contributed by atoms with Crippen molar-refractivity contribution < 1.29 is 23.8 Å². The fourth-order valence-corrected chi connectivity index (χ4v) is 1.58. The zero-order valence-corrected chi connectivity index (χ0v) is 14.5. The van der Waals surface area contributed by atoms with E-state index in [0.717, 1.165) is 11.3 Å². The molecule has 0 atom stereocenters. The van der Waals surface area contributed by atoms with Crippen molar-refractivity contribution in [3.8, 4) is 17.6 Å². The Bertz CT molecular complexity index is 605. The minimum Gasteiger partial charge on any atom is -0.497 e. The lowest BCUT2D eigenvalue weighted by Gasteiger charge is -2.16. The summed E-state index contributed by atoms with van der Waals surface area (Å²) < 4.78 is 15.2. The Morgan fingerprint density at radius 2 is 1.83 bits per heavy atom. The molecule has 1 rings (SSSR count). The zero-order chi connectivity index (χ0) is 18.0. The summed E-state index contributed by atoms with van der Waals surface area (Å²) >= 11 is 0. The first-order valence-electron chi connectivity index (χ1n) is 7.51. The average Bonchev–Trinajstić information content (AvgIpc) is 2.51. The number of hydrogen-bond donors (Lipinski definition) is 1. The Balaban J connectivity index is 2.21. The topological polar surface area (TPSA) is 73.9 Å². The van der Waals surface area contributed by atoms with E-state index in [4.69, 9.17) is 14.2 Å². The van der Waals surface area contributed by atoms with Gasteiger partial charge < -0.3 is 14.2 Å². The summed E-state index contributed by atoms with van der Waals surface area (Å²) in [6, 6.07) is 7.25. The first-order chi connectivity index (χ1) is 11.3. The fraction of sp³-hybridized carbons (Fsp3) is 0.444. The lowest BCUT2D eigenvalue weighted by atomic mass is 10.2. The highest BCUT2D eigenvalue weighted by Crippen LogP contribution is 2.11. The molecule has 6 heteroatoms. The van der Waals surface area contributed by atoms with Crippen LogP contribution in [0.4, 0.5) is 0 Å². The van der Waals surface area contributed by atoms with Crippen molar-refractivity contribution in [1.82, 2.24) is 5.32 Å². The molecular formula is C18H23NO5. The highest BCUT2D eigenvalue weighted by Gasteiger charge is 2.14. The van der Waals surface area contributed by atoms with Gasteiger partial charge in [-0.1, -0.05) is 18.1 Å². The summed E-state index contributed by atoms with van der Waals surface area (Å²) in [5.41, 5.74) is 0.304. The highest BCUT2D eigenvalue weighted by molar-refractivity contribution is 5.88. The number of rotatable bonds is 6. The Hall–Kier alpha value is -2.52. The van der Waals surface area contributed by atoms with Gasteiger partial charge in [0, 0.05) is 5.92 Å². The van der Waals surface area contributed by atoms with Crippen LogP contribution in [-0.4, -0.2) is 37.7 Å². The number of carbonyl (C=O) groups is 2. The normalized spacial score (nSPS) is 10.3. The van der Waals surface area contributed by atoms with E-state index in [1.165, 1.54) is 0 Å². The molecule has 0 heterocycles. The first kappa shape index (κ1) is 19.5. The largest absolute Gasteiger partial charge is 0.497 e. The lowest BCUT2D eigenvalue weighted by Crippen LogP contribution is -2.25. The van der Waals surface area contributed by atoms with Crippen molar-refractivity contribution >= 4 is 11.9 Å². The van der Waals surface area contributed by atoms with Crippen LogP contribution in [0.3, 0.4) is 0 Å². The van der Waals surface area contributed by atoms with Gasteiger partial charge in [-0.2, -0.15) is 0 Å². The summed E-state index contributed by atoms with van der Waals surface area (Å²) in [7, 11) is 1.59. The molecule has 24 heavy (non-hydrogen) atoms. The van der Waals surface area contributed by atoms with Gasteiger partial charge in [0.1, 0.15) is 18.0 Å². The van der Waals surface area contributed by atoms with Crippen molar-refractivity contribution in [2.24, 2.45) is 0 Å². The number of methoxy groups -OCH3 is 1. The Morgan fingerprint density at radius 1 is 1.17 bits per heavy atom. The third-order valence-electron chi connectivity index (χ3n) is 2.63. The van der Waals surface area contributed by atoms with Gasteiger partial charge in [-0.25, -0.2) is 4.79 Å². The van der Waals surface area contributed by atoms with E-state index in [9.17, 15) is 9.59 Å². The van der Waals surface area contributed by atoms with E-state index in [-0.39, 0.29) is 19.7 Å². The molecule has 6 nitrogen and oxygen atoms in total. The van der Waals surface area contributed by atoms with E-state index < -0.39 is 17.5 Å². The molecule has 1 N–H and O–H groups in total. The van der Waals surface area contributed by atoms with Crippen LogP contribution in [0, 0.1) is 11.8 Å². The van der Waals surface area contributed by atoms with Crippen LogP contribution in [0.15, 0.2) is 24.3 Å². The molecule has 1 aromatic carbocycles. The van der Waals surface area contributed by atoms with Crippen LogP contribution >= 0.6 is 0 Å². The molecule has 0 saturated carbocycles. The van der Waals surface area contributed by atoms with Crippen LogP contribution in [0.2, 0.25) is 0 Å². The van der Waals surface area contributed by atoms with Crippen LogP contribution in [0.5, 0.6) is 5.75 Å². The number of carbonyl (C=O) groups excluding carboxylic acids is 2. The smallest absolute Gasteiger partial charge is 0.384 e. The number of nitrogens with one attached hydrogen (secondary N) is 1. The standard InChI is InChI=1S/C18H23NO5/c1-18(2,3)24-16(20)6-5-11-19-12-17(21)23-13-14-7-9-15(22-4)10-8-14/h7-10,19H,11-13H2,1-4H3. The Kier molecular flexibility index (Phi) is 7.80. The maximum Gasteiger partial charge on any atom is 0.384 e. The van der Waals surface area contributed by atoms with Crippen LogP contribution in [-0.2, 0) is 25.7 Å². The third kappa shape index (κ3) is 8.81. The van der Waals surface area contributed by atoms with Crippen molar-refractivity contribution in [3.05, 3.63) is 29.8 Å². The summed E-state index contributed by atoms with van der Waals surface area (Å²) in [4.78, 5) is 22.9. The second-order valence-electron chi connectivity index (χ2n) is 5.92. The number of esters is 2. The van der Waals surface area contributed by atoms with Crippen LogP contribution in [0.1, 0.15) is 26.3 Å². The van der Waals surface area contributed by atoms with Crippen molar-refractivity contribution in [1.29, 1.82) is 0 Å². The summed E-state index contributed by atoms with van der Waals surface area (Å²) in [5, 5.41) is 2.78. The van der Waals surface area contributed by atoms with E-state index >= 15 is 0 Å². The molecule has 0 aromatic heterocycles. The second-order valence-corrected chi connectivity index (χ2v) is 5.92. The van der Waals surface area contributed by atoms with E-state index in [2.05, 4.69) is 17.2 Å². The van der Waals surface area contributed by atoms with Gasteiger partial charge in [0.05, 0.1) is 20.2 Å². The van der Waals surface area contributed by atoms with Crippen LogP contribution in [0.25, 0.3) is 0 Å². The van der Waals surface area contributed by atoms with E-state index in [0.29, 0.717) is 0 Å². The highest BCUT2D eigenvalue weighted by atomic mass is 16.6. The quantitative estimate of drug-likeness (QED) is 0.369. The molecule has 0 bridgehead atoms. The summed E-state index contributed by atoms with van der Waals surface area (Å²) in [5.74, 6) is 4.69. The maximum atomic E-state index is 11.6. The van der Waals surface area contributed by atoms with Crippen molar-refractivity contribution in [3.63, 3.8) is 0 Å². The number of hydrogen-bond acceptors (Lipinski definition) is 6. The van der Waals surface area contributed by atoms with Gasteiger partial charge in [0.15, 0.2) is 0 Å². The predicted molar refractivity (Wildman–Crippen MR) is 89.3 cm³/mol. The second kappa shape index (κ2) is 9.58. The third-order valence-corrected chi connectivity index (χ3v) is 2.63. The molecule has 0 amide bonds. The number of benzene rings is 1. The fourth-order valence-electron chi connectivity index (χ4n) is 1.58. The van der Waals surface area contributed by atoms with E-state index in [1.54, 1.807) is 40.0 Å². The average molecular weight is 333 g/mol. The van der Waals surface area contributed by atoms with Gasteiger partial charge in [-0.3, -0.25) is 10.1 Å². The SMILES string of the molecule is COc1ccc(COC(=O)CNCC#CC(=O)OC(C)(C)C)cc1. The minimum absolute atomic E-state index is 0.0130. The monoisotopic (exact) mass is 333 g/mol. The van der Waals surface area contributed by atoms with Gasteiger partial charge >= 0.3 is 11.9 Å². The molecule has 1 aromatic rings. The van der Waals surface area contributed by atoms with Gasteiger partial charge in [0.2, 0.25) is 0 Å². The molecule has 0 aliphatic rings. The molecule has 0 aliphatic heterocycles. The molecule has 130 valence electrons. The predicted octanol–water partition coefficient (Wildman–Crippen LogP) is 1.67. The molecular weight excluding hydrogens is 310 g/mol. The number of ether oxygens (including phenoxy) is 3. The maximum absolute atomic E-state index is 11.6. The molecule has 0 spiro atoms. The zero-order valence-electron chi connectivity index (χ0n) is 14.5. The molecule has 0 unspecified atom stereocenters. The van der Waals surface area contributed by atoms with Crippen molar-refractivity contribution in [2.75, 3.05) is 20.2 Å². The van der Waals surface area contributed by atoms with Crippen LogP contribution < -0.4 is 10.1 Å². The first-order valence-corrected chi connectivity index (χ1v) is 7.51. The van der Waals surface area contributed by atoms with Crippen molar-refractivity contribution in [2.45, 2.75) is 33.0 Å². The van der Waals surface area contributed by atoms with Gasteiger partial charge in [-0.05, 0) is 38.5 Å². The lowest BCUT2D eigenvalue weighted by molar-refractivity contribution is -0.147. The Morgan fingerprint density at radius 3 is 2.42 bits per heavy atom. The van der Waals surface area contributed by atoms with Gasteiger partial charge in [0.25, 0.3) is 0 Å². The summed E-state index contributed by atoms with van der Waals surface area (Å²) in [6.45, 7) is 5.70.